The standard InChI is InChI=1S/C19H26N2O4/c1-24-12-16(18(22)21-17(14-7-8-14)15-9-10-15)20-19(23)25-11-13-5-3-2-4-6-13/h2-6,14-17H,7-12H2,1H3,(H,20,23)(H,21,22)/t16-/m0/s1. The van der Waals surface area contributed by atoms with Gasteiger partial charge in [-0.25, -0.2) is 4.79 Å². The molecule has 0 aromatic heterocycles. The minimum atomic E-state index is -0.742. The van der Waals surface area contributed by atoms with Crippen LogP contribution in [0.3, 0.4) is 0 Å². The largest absolute Gasteiger partial charge is 0.445 e. The maximum Gasteiger partial charge on any atom is 0.408 e. The lowest BCUT2D eigenvalue weighted by Crippen LogP contribution is -2.52. The number of hydrogen-bond acceptors (Lipinski definition) is 4. The average Bonchev–Trinajstić information content (AvgIpc) is 3.51. The molecule has 2 saturated carbocycles. The summed E-state index contributed by atoms with van der Waals surface area (Å²) >= 11 is 0. The van der Waals surface area contributed by atoms with E-state index in [1.807, 2.05) is 30.3 Å². The van der Waals surface area contributed by atoms with E-state index >= 15 is 0 Å². The third kappa shape index (κ3) is 5.46. The number of carbonyl (C=O) groups is 2. The van der Waals surface area contributed by atoms with E-state index in [1.54, 1.807) is 0 Å². The first-order chi connectivity index (χ1) is 12.2. The normalized spacial score (nSPS) is 17.8. The van der Waals surface area contributed by atoms with Gasteiger partial charge in [-0.3, -0.25) is 4.79 Å². The fourth-order valence-electron chi connectivity index (χ4n) is 3.05. The van der Waals surface area contributed by atoms with Crippen molar-refractivity contribution in [3.05, 3.63) is 35.9 Å². The van der Waals surface area contributed by atoms with Crippen molar-refractivity contribution in [1.82, 2.24) is 10.6 Å². The van der Waals surface area contributed by atoms with Crippen molar-refractivity contribution in [2.75, 3.05) is 13.7 Å². The molecule has 2 aliphatic carbocycles. The van der Waals surface area contributed by atoms with Crippen molar-refractivity contribution >= 4 is 12.0 Å². The molecule has 3 rings (SSSR count). The Kier molecular flexibility index (Phi) is 5.91. The molecule has 0 spiro atoms. The average molecular weight is 346 g/mol. The van der Waals surface area contributed by atoms with Gasteiger partial charge >= 0.3 is 6.09 Å². The van der Waals surface area contributed by atoms with Crippen molar-refractivity contribution in [2.24, 2.45) is 11.8 Å². The van der Waals surface area contributed by atoms with Gasteiger partial charge in [-0.15, -0.1) is 0 Å². The van der Waals surface area contributed by atoms with Gasteiger partial charge in [0.25, 0.3) is 0 Å². The number of benzene rings is 1. The topological polar surface area (TPSA) is 76.7 Å². The first-order valence-corrected chi connectivity index (χ1v) is 8.94. The third-order valence-electron chi connectivity index (χ3n) is 4.72. The van der Waals surface area contributed by atoms with Gasteiger partial charge in [0.1, 0.15) is 12.6 Å². The van der Waals surface area contributed by atoms with Gasteiger partial charge in [-0.1, -0.05) is 30.3 Å². The van der Waals surface area contributed by atoms with E-state index in [4.69, 9.17) is 9.47 Å². The molecule has 25 heavy (non-hydrogen) atoms. The van der Waals surface area contributed by atoms with Crippen LogP contribution in [0, 0.1) is 11.8 Å². The van der Waals surface area contributed by atoms with Gasteiger partial charge in [-0.2, -0.15) is 0 Å². The molecule has 0 bridgehead atoms. The van der Waals surface area contributed by atoms with Gasteiger partial charge in [0.2, 0.25) is 5.91 Å². The quantitative estimate of drug-likeness (QED) is 0.719. The van der Waals surface area contributed by atoms with E-state index in [0.29, 0.717) is 11.8 Å². The number of ether oxygens (including phenoxy) is 2. The molecule has 0 saturated heterocycles. The number of methoxy groups -OCH3 is 1. The Morgan fingerprint density at radius 3 is 2.28 bits per heavy atom. The summed E-state index contributed by atoms with van der Waals surface area (Å²) in [6.45, 7) is 0.287. The highest BCUT2D eigenvalue weighted by Gasteiger charge is 2.43. The van der Waals surface area contributed by atoms with Crippen molar-refractivity contribution in [3.63, 3.8) is 0 Å². The summed E-state index contributed by atoms with van der Waals surface area (Å²) in [6, 6.07) is 8.92. The fraction of sp³-hybridized carbons (Fsp3) is 0.579. The second-order valence-corrected chi connectivity index (χ2v) is 6.92. The van der Waals surface area contributed by atoms with Crippen LogP contribution in [-0.2, 0) is 20.9 Å². The molecule has 6 nitrogen and oxygen atoms in total. The van der Waals surface area contributed by atoms with Gasteiger partial charge in [0.15, 0.2) is 0 Å². The van der Waals surface area contributed by atoms with Crippen LogP contribution in [0.5, 0.6) is 0 Å². The lowest BCUT2D eigenvalue weighted by Gasteiger charge is -2.22. The summed E-state index contributed by atoms with van der Waals surface area (Å²) in [6.07, 6.45) is 4.12. The van der Waals surface area contributed by atoms with Crippen molar-refractivity contribution < 1.29 is 19.1 Å². The molecule has 1 aromatic carbocycles. The Morgan fingerprint density at radius 2 is 1.72 bits per heavy atom. The summed E-state index contributed by atoms with van der Waals surface area (Å²) in [4.78, 5) is 24.6. The molecule has 2 aliphatic rings. The number of amides is 2. The van der Waals surface area contributed by atoms with Crippen molar-refractivity contribution in [3.8, 4) is 0 Å². The number of rotatable bonds is 9. The highest BCUT2D eigenvalue weighted by Crippen LogP contribution is 2.44. The van der Waals surface area contributed by atoms with Gasteiger partial charge < -0.3 is 20.1 Å². The Hall–Kier alpha value is -2.08. The molecule has 136 valence electrons. The molecule has 0 radical (unpaired) electrons. The summed E-state index contributed by atoms with van der Waals surface area (Å²) in [5.41, 5.74) is 0.896. The zero-order valence-corrected chi connectivity index (χ0v) is 14.6. The van der Waals surface area contributed by atoms with E-state index in [2.05, 4.69) is 10.6 Å². The van der Waals surface area contributed by atoms with Gasteiger partial charge in [-0.05, 0) is 43.1 Å². The van der Waals surface area contributed by atoms with E-state index in [-0.39, 0.29) is 25.2 Å². The van der Waals surface area contributed by atoms with Gasteiger partial charge in [0, 0.05) is 13.2 Å². The lowest BCUT2D eigenvalue weighted by molar-refractivity contribution is -0.125. The summed E-state index contributed by atoms with van der Waals surface area (Å²) in [7, 11) is 1.51. The molecular weight excluding hydrogens is 320 g/mol. The highest BCUT2D eigenvalue weighted by atomic mass is 16.5. The fourth-order valence-corrected chi connectivity index (χ4v) is 3.05. The number of alkyl carbamates (subject to hydrolysis) is 1. The van der Waals surface area contributed by atoms with Crippen molar-refractivity contribution in [2.45, 2.75) is 44.4 Å². The van der Waals surface area contributed by atoms with E-state index in [9.17, 15) is 9.59 Å². The summed E-state index contributed by atoms with van der Waals surface area (Å²) < 4.78 is 10.3. The van der Waals surface area contributed by atoms with Crippen LogP contribution in [0.2, 0.25) is 0 Å². The summed E-state index contributed by atoms with van der Waals surface area (Å²) in [5, 5.41) is 5.73. The van der Waals surface area contributed by atoms with Crippen molar-refractivity contribution in [1.29, 1.82) is 0 Å². The molecular formula is C19H26N2O4. The van der Waals surface area contributed by atoms with Crippen LogP contribution in [-0.4, -0.2) is 37.8 Å². The minimum Gasteiger partial charge on any atom is -0.445 e. The summed E-state index contributed by atoms with van der Waals surface area (Å²) in [5.74, 6) is 1.01. The Labute approximate surface area is 148 Å². The molecule has 0 unspecified atom stereocenters. The van der Waals surface area contributed by atoms with E-state index in [0.717, 1.165) is 5.56 Å². The third-order valence-corrected chi connectivity index (χ3v) is 4.72. The Morgan fingerprint density at radius 1 is 1.08 bits per heavy atom. The molecule has 2 N–H and O–H groups in total. The predicted octanol–water partition coefficient (Wildman–Crippen LogP) is 2.23. The molecule has 0 aliphatic heterocycles. The molecule has 0 heterocycles. The first-order valence-electron chi connectivity index (χ1n) is 8.94. The number of hydrogen-bond donors (Lipinski definition) is 2. The maximum atomic E-state index is 12.6. The molecule has 1 atom stereocenters. The Bertz CT molecular complexity index is 572. The van der Waals surface area contributed by atoms with E-state index < -0.39 is 12.1 Å². The highest BCUT2D eigenvalue weighted by molar-refractivity contribution is 5.86. The second-order valence-electron chi connectivity index (χ2n) is 6.92. The lowest BCUT2D eigenvalue weighted by atomic mass is 10.1. The second kappa shape index (κ2) is 8.34. The zero-order chi connectivity index (χ0) is 17.6. The van der Waals surface area contributed by atoms with Gasteiger partial charge in [0.05, 0.1) is 6.61 Å². The van der Waals surface area contributed by atoms with E-state index in [1.165, 1.54) is 32.8 Å². The van der Waals surface area contributed by atoms with Crippen LogP contribution in [0.25, 0.3) is 0 Å². The Balaban J connectivity index is 1.49. The van der Waals surface area contributed by atoms with Crippen LogP contribution in [0.4, 0.5) is 4.79 Å². The molecule has 6 heteroatoms. The minimum absolute atomic E-state index is 0.119. The monoisotopic (exact) mass is 346 g/mol. The smallest absolute Gasteiger partial charge is 0.408 e. The van der Waals surface area contributed by atoms with Crippen LogP contribution >= 0.6 is 0 Å². The van der Waals surface area contributed by atoms with Crippen LogP contribution in [0.1, 0.15) is 31.2 Å². The number of nitrogens with one attached hydrogen (secondary N) is 2. The predicted molar refractivity (Wildman–Crippen MR) is 92.8 cm³/mol. The number of carbonyl (C=O) groups excluding carboxylic acids is 2. The first kappa shape index (κ1) is 17.7. The zero-order valence-electron chi connectivity index (χ0n) is 14.6. The molecule has 2 fully saturated rings. The van der Waals surface area contributed by atoms with Crippen LogP contribution in [0.15, 0.2) is 30.3 Å². The SMILES string of the molecule is COC[C@H](NC(=O)OCc1ccccc1)C(=O)NC(C1CC1)C1CC1. The maximum absolute atomic E-state index is 12.6. The molecule has 1 aromatic rings. The molecule has 2 amide bonds. The van der Waals surface area contributed by atoms with Crippen LogP contribution < -0.4 is 10.6 Å².